The summed E-state index contributed by atoms with van der Waals surface area (Å²) < 4.78 is 21.5. The van der Waals surface area contributed by atoms with Crippen molar-refractivity contribution >= 4 is 0 Å². The highest BCUT2D eigenvalue weighted by Crippen LogP contribution is 2.34. The van der Waals surface area contributed by atoms with Crippen molar-refractivity contribution in [3.05, 3.63) is 23.8 Å². The molecular weight excluding hydrogens is 436 g/mol. The summed E-state index contributed by atoms with van der Waals surface area (Å²) in [5, 5.41) is 89.0. The van der Waals surface area contributed by atoms with Gasteiger partial charge in [0.2, 0.25) is 6.29 Å². The third-order valence-corrected chi connectivity index (χ3v) is 5.42. The van der Waals surface area contributed by atoms with Gasteiger partial charge in [-0.15, -0.1) is 0 Å². The molecule has 0 unspecified atom stereocenters. The van der Waals surface area contributed by atoms with Gasteiger partial charge in [0.05, 0.1) is 19.8 Å². The van der Waals surface area contributed by atoms with E-state index < -0.39 is 81.2 Å². The highest BCUT2D eigenvalue weighted by Gasteiger charge is 2.48. The third kappa shape index (κ3) is 4.98. The number of phenols is 1. The minimum absolute atomic E-state index is 0.176. The van der Waals surface area contributed by atoms with Gasteiger partial charge < -0.3 is 64.9 Å². The number of aliphatic hydroxyl groups excluding tert-OH is 8. The van der Waals surface area contributed by atoms with Crippen molar-refractivity contribution in [2.24, 2.45) is 0 Å². The lowest BCUT2D eigenvalue weighted by atomic mass is 9.98. The van der Waals surface area contributed by atoms with Gasteiger partial charge in [0.15, 0.2) is 17.8 Å². The Balaban J connectivity index is 1.69. The Kier molecular flexibility index (Phi) is 8.24. The van der Waals surface area contributed by atoms with E-state index in [1.54, 1.807) is 0 Å². The molecule has 2 fully saturated rings. The molecule has 2 aliphatic rings. The van der Waals surface area contributed by atoms with E-state index >= 15 is 0 Å². The van der Waals surface area contributed by atoms with Gasteiger partial charge >= 0.3 is 0 Å². The highest BCUT2D eigenvalue weighted by molar-refractivity contribution is 5.45. The van der Waals surface area contributed by atoms with Gasteiger partial charge in [0.1, 0.15) is 48.8 Å². The lowest BCUT2D eigenvalue weighted by molar-refractivity contribution is -0.323. The van der Waals surface area contributed by atoms with Crippen LogP contribution in [0.1, 0.15) is 5.56 Å². The Bertz CT molecular complexity index is 746. The molecule has 0 aromatic heterocycles. The minimum atomic E-state index is -1.75. The van der Waals surface area contributed by atoms with Gasteiger partial charge in [-0.3, -0.25) is 0 Å². The third-order valence-electron chi connectivity index (χ3n) is 5.42. The maximum atomic E-state index is 10.2. The van der Waals surface area contributed by atoms with Crippen molar-refractivity contribution in [2.45, 2.75) is 68.0 Å². The highest BCUT2D eigenvalue weighted by atomic mass is 16.7. The Morgan fingerprint density at radius 2 is 1.34 bits per heavy atom. The summed E-state index contributed by atoms with van der Waals surface area (Å²) in [4.78, 5) is 0. The van der Waals surface area contributed by atoms with E-state index in [4.69, 9.17) is 18.9 Å². The fourth-order valence-electron chi connectivity index (χ4n) is 3.49. The average Bonchev–Trinajstić information content (AvgIpc) is 2.79. The summed E-state index contributed by atoms with van der Waals surface area (Å²) in [6.07, 6.45) is -15.7. The first-order valence-electron chi connectivity index (χ1n) is 9.89. The van der Waals surface area contributed by atoms with Crippen LogP contribution >= 0.6 is 0 Å². The first kappa shape index (κ1) is 25.0. The fraction of sp³-hybridized carbons (Fsp3) is 0.684. The molecule has 0 spiro atoms. The second-order valence-corrected chi connectivity index (χ2v) is 7.59. The van der Waals surface area contributed by atoms with Crippen molar-refractivity contribution in [1.29, 1.82) is 0 Å². The number of para-hydroxylation sites is 1. The molecule has 9 N–H and O–H groups in total. The SMILES string of the molecule is OCc1cccc(O)c1O[C@@H]1O[C@H](CO[C@@H]2O[C@H](CO)[C@@H](O)[C@H](O)[C@H]2O)[C@@H](O)[C@H](O)[C@H]1O. The zero-order valence-electron chi connectivity index (χ0n) is 16.8. The fourth-order valence-corrected chi connectivity index (χ4v) is 3.49. The van der Waals surface area contributed by atoms with Crippen LogP contribution in [0, 0.1) is 0 Å². The van der Waals surface area contributed by atoms with E-state index in [0.717, 1.165) is 0 Å². The number of phenolic OH excluding ortho intramolecular Hbond substituents is 1. The van der Waals surface area contributed by atoms with Crippen molar-refractivity contribution in [2.75, 3.05) is 13.2 Å². The second-order valence-electron chi connectivity index (χ2n) is 7.59. The zero-order chi connectivity index (χ0) is 23.6. The molecule has 13 heteroatoms. The molecule has 0 amide bonds. The van der Waals surface area contributed by atoms with Crippen LogP contribution in [0.3, 0.4) is 0 Å². The first-order chi connectivity index (χ1) is 15.2. The van der Waals surface area contributed by atoms with E-state index in [0.29, 0.717) is 0 Å². The van der Waals surface area contributed by atoms with Crippen molar-refractivity contribution in [3.8, 4) is 11.5 Å². The molecule has 3 rings (SSSR count). The van der Waals surface area contributed by atoms with E-state index in [1.165, 1.54) is 18.2 Å². The number of hydrogen-bond donors (Lipinski definition) is 9. The Labute approximate surface area is 182 Å². The van der Waals surface area contributed by atoms with Crippen LogP contribution in [-0.2, 0) is 20.8 Å². The molecule has 1 aromatic carbocycles. The number of aromatic hydroxyl groups is 1. The van der Waals surface area contributed by atoms with Gasteiger partial charge in [-0.05, 0) is 6.07 Å². The number of ether oxygens (including phenoxy) is 4. The predicted octanol–water partition coefficient (Wildman–Crippen LogP) is -4.11. The first-order valence-corrected chi connectivity index (χ1v) is 9.89. The standard InChI is InChI=1S/C19H28O13/c20-4-7-2-1-3-8(22)17(7)32-19-16(28)14(26)12(24)10(31-19)6-29-18-15(27)13(25)11(23)9(5-21)30-18/h1-3,9-16,18-28H,4-6H2/t9-,10-,11-,12-,13+,14+,15-,16-,18-,19+/m1/s1. The number of hydrogen-bond acceptors (Lipinski definition) is 13. The molecule has 0 saturated carbocycles. The van der Waals surface area contributed by atoms with Gasteiger partial charge in [-0.25, -0.2) is 0 Å². The minimum Gasteiger partial charge on any atom is -0.504 e. The van der Waals surface area contributed by atoms with Gasteiger partial charge in [0.25, 0.3) is 0 Å². The summed E-state index contributed by atoms with van der Waals surface area (Å²) in [5.41, 5.74) is 0.176. The molecule has 2 aliphatic heterocycles. The van der Waals surface area contributed by atoms with E-state index in [-0.39, 0.29) is 17.1 Å². The normalized spacial score (nSPS) is 40.2. The molecule has 1 aromatic rings. The van der Waals surface area contributed by atoms with Gasteiger partial charge in [-0.1, -0.05) is 12.1 Å². The summed E-state index contributed by atoms with van der Waals surface area (Å²) >= 11 is 0. The number of aliphatic hydroxyl groups is 8. The number of rotatable bonds is 7. The van der Waals surface area contributed by atoms with E-state index in [1.807, 2.05) is 0 Å². The Hall–Kier alpha value is -1.62. The summed E-state index contributed by atoms with van der Waals surface area (Å²) in [6, 6.07) is 4.19. The molecule has 2 saturated heterocycles. The molecule has 2 heterocycles. The molecule has 182 valence electrons. The Morgan fingerprint density at radius 1 is 0.750 bits per heavy atom. The summed E-state index contributed by atoms with van der Waals surface area (Å²) in [7, 11) is 0. The van der Waals surface area contributed by atoms with Crippen LogP contribution in [0.4, 0.5) is 0 Å². The van der Waals surface area contributed by atoms with Crippen LogP contribution in [0.15, 0.2) is 18.2 Å². The zero-order valence-corrected chi connectivity index (χ0v) is 16.8. The van der Waals surface area contributed by atoms with Crippen LogP contribution in [0.25, 0.3) is 0 Å². The maximum absolute atomic E-state index is 10.2. The van der Waals surface area contributed by atoms with Gasteiger partial charge in [0, 0.05) is 5.56 Å². The monoisotopic (exact) mass is 464 g/mol. The van der Waals surface area contributed by atoms with Crippen LogP contribution < -0.4 is 4.74 Å². The molecule has 13 nitrogen and oxygen atoms in total. The molecule has 32 heavy (non-hydrogen) atoms. The van der Waals surface area contributed by atoms with Gasteiger partial charge in [-0.2, -0.15) is 0 Å². The predicted molar refractivity (Wildman–Crippen MR) is 101 cm³/mol. The summed E-state index contributed by atoms with van der Waals surface area (Å²) in [5.74, 6) is -0.557. The lowest BCUT2D eigenvalue weighted by Gasteiger charge is -2.42. The van der Waals surface area contributed by atoms with Crippen molar-refractivity contribution in [1.82, 2.24) is 0 Å². The second kappa shape index (κ2) is 10.5. The quantitative estimate of drug-likeness (QED) is 0.187. The molecule has 10 atom stereocenters. The van der Waals surface area contributed by atoms with Crippen molar-refractivity contribution < 1.29 is 64.9 Å². The van der Waals surface area contributed by atoms with Crippen LogP contribution in [0.2, 0.25) is 0 Å². The smallest absolute Gasteiger partial charge is 0.229 e. The average molecular weight is 464 g/mol. The van der Waals surface area contributed by atoms with Crippen molar-refractivity contribution in [3.63, 3.8) is 0 Å². The molecule has 0 aliphatic carbocycles. The largest absolute Gasteiger partial charge is 0.504 e. The van der Waals surface area contributed by atoms with Crippen LogP contribution in [-0.4, -0.2) is 121 Å². The molecular formula is C19H28O13. The van der Waals surface area contributed by atoms with Crippen LogP contribution in [0.5, 0.6) is 11.5 Å². The number of benzene rings is 1. The topological polar surface area (TPSA) is 219 Å². The Morgan fingerprint density at radius 3 is 1.97 bits per heavy atom. The lowest BCUT2D eigenvalue weighted by Crippen LogP contribution is -2.62. The van der Waals surface area contributed by atoms with E-state index in [2.05, 4.69) is 0 Å². The molecule has 0 bridgehead atoms. The molecule has 0 radical (unpaired) electrons. The maximum Gasteiger partial charge on any atom is 0.229 e. The van der Waals surface area contributed by atoms with E-state index in [9.17, 15) is 46.0 Å². The summed E-state index contributed by atoms with van der Waals surface area (Å²) in [6.45, 7) is -1.69.